The fourth-order valence-electron chi connectivity index (χ4n) is 2.58. The molecule has 3 nitrogen and oxygen atoms in total. The van der Waals surface area contributed by atoms with Gasteiger partial charge in [0, 0.05) is 0 Å². The van der Waals surface area contributed by atoms with Gasteiger partial charge in [-0.15, -0.1) is 0 Å². The zero-order chi connectivity index (χ0) is 16.3. The smallest absolute Gasteiger partial charge is 0.0633 e. The van der Waals surface area contributed by atoms with Gasteiger partial charge in [-0.3, -0.25) is 0 Å². The fourth-order valence-corrected chi connectivity index (χ4v) is 2.58. The van der Waals surface area contributed by atoms with Crippen LogP contribution in [0, 0.1) is 0 Å². The van der Waals surface area contributed by atoms with Gasteiger partial charge >= 0.3 is 0 Å². The molecule has 1 aromatic carbocycles. The molecule has 3 heteroatoms. The van der Waals surface area contributed by atoms with E-state index in [1.165, 1.54) is 49.7 Å². The first-order valence-corrected chi connectivity index (χ1v) is 8.72. The highest BCUT2D eigenvalue weighted by Gasteiger charge is 2.22. The van der Waals surface area contributed by atoms with Crippen molar-refractivity contribution >= 4 is 0 Å². The van der Waals surface area contributed by atoms with E-state index in [2.05, 4.69) is 31.2 Å². The van der Waals surface area contributed by atoms with Gasteiger partial charge in [-0.05, 0) is 36.8 Å². The summed E-state index contributed by atoms with van der Waals surface area (Å²) in [5.41, 5.74) is 7.63. The van der Waals surface area contributed by atoms with E-state index in [0.717, 1.165) is 12.8 Å². The van der Waals surface area contributed by atoms with Crippen molar-refractivity contribution in [3.8, 4) is 0 Å². The highest BCUT2D eigenvalue weighted by molar-refractivity contribution is 5.23. The minimum absolute atomic E-state index is 0. The number of aliphatic hydroxyl groups is 2. The van der Waals surface area contributed by atoms with E-state index in [1.807, 2.05) is 0 Å². The number of hydrogen-bond donors (Lipinski definition) is 3. The maximum absolute atomic E-state index is 9.20. The molecule has 4 N–H and O–H groups in total. The normalized spacial score (nSPS) is 11.3. The molecule has 1 aromatic rings. The van der Waals surface area contributed by atoms with Gasteiger partial charge in [-0.1, -0.05) is 70.7 Å². The van der Waals surface area contributed by atoms with E-state index < -0.39 is 5.54 Å². The quantitative estimate of drug-likeness (QED) is 0.512. The summed E-state index contributed by atoms with van der Waals surface area (Å²) in [6.07, 6.45) is 10.5. The Bertz CT molecular complexity index is 385. The Morgan fingerprint density at radius 1 is 0.826 bits per heavy atom. The Morgan fingerprint density at radius 2 is 1.30 bits per heavy atom. The van der Waals surface area contributed by atoms with Gasteiger partial charge < -0.3 is 15.9 Å². The van der Waals surface area contributed by atoms with Crippen LogP contribution in [0.25, 0.3) is 0 Å². The van der Waals surface area contributed by atoms with Crippen molar-refractivity contribution in [2.24, 2.45) is 5.73 Å². The maximum atomic E-state index is 9.20. The molecule has 0 aromatic heterocycles. The molecule has 0 bridgehead atoms. The lowest BCUT2D eigenvalue weighted by molar-refractivity contribution is 0.115. The second kappa shape index (κ2) is 12.5. The highest BCUT2D eigenvalue weighted by Crippen LogP contribution is 2.14. The minimum atomic E-state index is -0.864. The van der Waals surface area contributed by atoms with Crippen LogP contribution in [0.2, 0.25) is 0 Å². The molecule has 134 valence electrons. The molecule has 0 fully saturated rings. The van der Waals surface area contributed by atoms with Crippen LogP contribution >= 0.6 is 0 Å². The molecule has 0 radical (unpaired) electrons. The van der Waals surface area contributed by atoms with Gasteiger partial charge in [-0.25, -0.2) is 0 Å². The SMILES string of the molecule is C.CCCCCCCCc1ccc(CCC(N)(CO)CO)cc1. The number of hydrogen-bond acceptors (Lipinski definition) is 3. The number of rotatable bonds is 12. The molecule has 0 heterocycles. The van der Waals surface area contributed by atoms with Crippen LogP contribution < -0.4 is 5.73 Å². The number of aliphatic hydroxyl groups excluding tert-OH is 2. The van der Waals surface area contributed by atoms with Crippen molar-refractivity contribution in [1.82, 2.24) is 0 Å². The predicted octanol–water partition coefficient (Wildman–Crippen LogP) is 3.84. The molecule has 0 amide bonds. The van der Waals surface area contributed by atoms with Crippen LogP contribution in [0.5, 0.6) is 0 Å². The summed E-state index contributed by atoms with van der Waals surface area (Å²) < 4.78 is 0. The number of benzene rings is 1. The van der Waals surface area contributed by atoms with Gasteiger partial charge in [0.2, 0.25) is 0 Å². The van der Waals surface area contributed by atoms with Gasteiger partial charge in [0.15, 0.2) is 0 Å². The first kappa shape index (κ1) is 22.1. The molecule has 0 saturated carbocycles. The highest BCUT2D eigenvalue weighted by atomic mass is 16.3. The molecular formula is C20H37NO2. The monoisotopic (exact) mass is 323 g/mol. The van der Waals surface area contributed by atoms with Crippen LogP contribution in [0.15, 0.2) is 24.3 Å². The van der Waals surface area contributed by atoms with E-state index in [0.29, 0.717) is 6.42 Å². The summed E-state index contributed by atoms with van der Waals surface area (Å²) >= 11 is 0. The average Bonchev–Trinajstić information content (AvgIpc) is 2.57. The molecule has 0 aliphatic heterocycles. The van der Waals surface area contributed by atoms with Crippen LogP contribution in [-0.2, 0) is 12.8 Å². The van der Waals surface area contributed by atoms with E-state index in [9.17, 15) is 10.2 Å². The van der Waals surface area contributed by atoms with Crippen molar-refractivity contribution in [2.75, 3.05) is 13.2 Å². The average molecular weight is 324 g/mol. The fraction of sp³-hybridized carbons (Fsp3) is 0.700. The lowest BCUT2D eigenvalue weighted by Crippen LogP contribution is -2.47. The molecule has 0 saturated heterocycles. The maximum Gasteiger partial charge on any atom is 0.0633 e. The Hall–Kier alpha value is -0.900. The number of aryl methyl sites for hydroxylation is 2. The summed E-state index contributed by atoms with van der Waals surface area (Å²) in [5, 5.41) is 18.4. The van der Waals surface area contributed by atoms with Crippen LogP contribution in [0.3, 0.4) is 0 Å². The van der Waals surface area contributed by atoms with Gasteiger partial charge in [0.25, 0.3) is 0 Å². The summed E-state index contributed by atoms with van der Waals surface area (Å²) in [5.74, 6) is 0. The molecular weight excluding hydrogens is 286 g/mol. The van der Waals surface area contributed by atoms with E-state index in [4.69, 9.17) is 5.73 Å². The van der Waals surface area contributed by atoms with Crippen LogP contribution in [-0.4, -0.2) is 29.0 Å². The van der Waals surface area contributed by atoms with E-state index in [-0.39, 0.29) is 20.6 Å². The van der Waals surface area contributed by atoms with Crippen molar-refractivity contribution in [3.63, 3.8) is 0 Å². The van der Waals surface area contributed by atoms with Gasteiger partial charge in [0.05, 0.1) is 18.8 Å². The Balaban J connectivity index is 0.00000484. The molecule has 0 atom stereocenters. The molecule has 0 aliphatic rings. The standard InChI is InChI=1S/C19H33NO2.CH4/c1-2-3-4-5-6-7-8-17-9-11-18(12-10-17)13-14-19(20,15-21)16-22;/h9-12,21-22H,2-8,13-16,20H2,1H3;1H4. The molecule has 23 heavy (non-hydrogen) atoms. The Morgan fingerprint density at radius 3 is 1.83 bits per heavy atom. The third kappa shape index (κ3) is 9.09. The van der Waals surface area contributed by atoms with Crippen molar-refractivity contribution < 1.29 is 10.2 Å². The summed E-state index contributed by atoms with van der Waals surface area (Å²) in [6.45, 7) is 1.89. The largest absolute Gasteiger partial charge is 0.394 e. The van der Waals surface area contributed by atoms with Crippen molar-refractivity contribution in [3.05, 3.63) is 35.4 Å². The lowest BCUT2D eigenvalue weighted by Gasteiger charge is -2.24. The Kier molecular flexibility index (Phi) is 12.0. The second-order valence-electron chi connectivity index (χ2n) is 6.51. The van der Waals surface area contributed by atoms with Crippen molar-refractivity contribution in [1.29, 1.82) is 0 Å². The third-order valence-corrected chi connectivity index (χ3v) is 4.38. The zero-order valence-electron chi connectivity index (χ0n) is 14.1. The first-order valence-electron chi connectivity index (χ1n) is 8.72. The van der Waals surface area contributed by atoms with Crippen LogP contribution in [0.1, 0.15) is 70.4 Å². The number of nitrogens with two attached hydrogens (primary N) is 1. The zero-order valence-corrected chi connectivity index (χ0v) is 14.1. The van der Waals surface area contributed by atoms with Gasteiger partial charge in [0.1, 0.15) is 0 Å². The predicted molar refractivity (Wildman–Crippen MR) is 99.7 cm³/mol. The second-order valence-corrected chi connectivity index (χ2v) is 6.51. The van der Waals surface area contributed by atoms with Crippen LogP contribution in [0.4, 0.5) is 0 Å². The van der Waals surface area contributed by atoms with E-state index >= 15 is 0 Å². The minimum Gasteiger partial charge on any atom is -0.394 e. The molecule has 1 rings (SSSR count). The number of unbranched alkanes of at least 4 members (excludes halogenated alkanes) is 5. The van der Waals surface area contributed by atoms with E-state index in [1.54, 1.807) is 0 Å². The third-order valence-electron chi connectivity index (χ3n) is 4.38. The van der Waals surface area contributed by atoms with Gasteiger partial charge in [-0.2, -0.15) is 0 Å². The topological polar surface area (TPSA) is 66.5 Å². The first-order chi connectivity index (χ1) is 10.6. The molecule has 0 unspecified atom stereocenters. The Labute approximate surface area is 142 Å². The molecule has 0 aliphatic carbocycles. The summed E-state index contributed by atoms with van der Waals surface area (Å²) in [4.78, 5) is 0. The van der Waals surface area contributed by atoms with Crippen molar-refractivity contribution in [2.45, 2.75) is 77.7 Å². The summed E-state index contributed by atoms with van der Waals surface area (Å²) in [7, 11) is 0. The lowest BCUT2D eigenvalue weighted by atomic mass is 9.93. The molecule has 0 spiro atoms. The summed E-state index contributed by atoms with van der Waals surface area (Å²) in [6, 6.07) is 8.66.